The van der Waals surface area contributed by atoms with Crippen LogP contribution < -0.4 is 24.7 Å². The second-order valence-electron chi connectivity index (χ2n) is 4.46. The molecule has 2 aliphatic heterocycles. The fourth-order valence-corrected chi connectivity index (χ4v) is 2.07. The molecule has 0 saturated carbocycles. The van der Waals surface area contributed by atoms with Crippen molar-refractivity contribution in [3.8, 4) is 23.0 Å². The van der Waals surface area contributed by atoms with Crippen molar-refractivity contribution in [1.82, 2.24) is 0 Å². The Hall–Kier alpha value is -2.25. The molecule has 2 N–H and O–H groups in total. The van der Waals surface area contributed by atoms with Gasteiger partial charge >= 0.3 is 0 Å². The first-order chi connectivity index (χ1) is 11.7. The first kappa shape index (κ1) is 18.1. The normalized spacial score (nSPS) is 12.7. The highest BCUT2D eigenvalue weighted by atomic mass is 35.5. The van der Waals surface area contributed by atoms with Crippen LogP contribution in [0.3, 0.4) is 0 Å². The van der Waals surface area contributed by atoms with Crippen LogP contribution >= 0.6 is 11.6 Å². The van der Waals surface area contributed by atoms with E-state index in [1.807, 2.05) is 0 Å². The fraction of sp³-hybridized carbons (Fsp3) is 0.250. The molecule has 0 saturated heterocycles. The number of halogens is 3. The zero-order valence-electron chi connectivity index (χ0n) is 12.9. The topological polar surface area (TPSA) is 62.9 Å². The van der Waals surface area contributed by atoms with E-state index >= 15 is 0 Å². The lowest BCUT2D eigenvalue weighted by molar-refractivity contribution is 0.173. The van der Waals surface area contributed by atoms with Crippen molar-refractivity contribution in [3.05, 3.63) is 47.5 Å². The smallest absolute Gasteiger partial charge is 0.231 e. The molecule has 0 aromatic heterocycles. The Bertz CT molecular complexity index is 700. The molecule has 0 radical (unpaired) electrons. The Morgan fingerprint density at radius 3 is 2.29 bits per heavy atom. The van der Waals surface area contributed by atoms with E-state index in [4.69, 9.17) is 24.7 Å². The molecule has 8 heteroatoms. The highest BCUT2D eigenvalue weighted by Gasteiger charge is 2.19. The van der Waals surface area contributed by atoms with Crippen molar-refractivity contribution >= 4 is 11.6 Å². The van der Waals surface area contributed by atoms with E-state index in [2.05, 4.69) is 11.6 Å². The molecule has 0 fully saturated rings. The van der Waals surface area contributed by atoms with E-state index in [9.17, 15) is 8.78 Å². The summed E-state index contributed by atoms with van der Waals surface area (Å²) in [6.07, 6.45) is 1.47. The molecule has 5 nitrogen and oxygen atoms in total. The predicted octanol–water partition coefficient (Wildman–Crippen LogP) is 3.42. The minimum atomic E-state index is -0.346. The lowest BCUT2D eigenvalue weighted by atomic mass is 10.2. The van der Waals surface area contributed by atoms with E-state index in [0.29, 0.717) is 28.6 Å². The number of nitrogens with two attached hydrogens (primary N) is 1. The molecule has 2 aromatic rings. The number of alkyl halides is 1. The lowest BCUT2D eigenvalue weighted by Gasteiger charge is -2.03. The Morgan fingerprint density at radius 1 is 0.917 bits per heavy atom. The Kier molecular flexibility index (Phi) is 6.45. The summed E-state index contributed by atoms with van der Waals surface area (Å²) in [5.74, 6) is 1.46. The van der Waals surface area contributed by atoms with Gasteiger partial charge in [0.25, 0.3) is 0 Å². The number of fused-ring (bicyclic) bond motifs is 2. The quantitative estimate of drug-likeness (QED) is 0.790. The molecule has 0 atom stereocenters. The SMILES string of the molecule is CCl.Fc1ccc2c(c1)OCO2.NCc1c(F)ccc2c1OCO2. The third-order valence-corrected chi connectivity index (χ3v) is 3.12. The maximum Gasteiger partial charge on any atom is 0.231 e. The van der Waals surface area contributed by atoms with Gasteiger partial charge in [-0.3, -0.25) is 0 Å². The third-order valence-electron chi connectivity index (χ3n) is 3.12. The first-order valence-corrected chi connectivity index (χ1v) is 7.64. The number of ether oxygens (including phenoxy) is 4. The van der Waals surface area contributed by atoms with Gasteiger partial charge in [0.15, 0.2) is 23.0 Å². The lowest BCUT2D eigenvalue weighted by Crippen LogP contribution is -2.01. The molecule has 130 valence electrons. The van der Waals surface area contributed by atoms with Gasteiger partial charge in [-0.1, -0.05) is 0 Å². The van der Waals surface area contributed by atoms with E-state index in [0.717, 1.165) is 0 Å². The van der Waals surface area contributed by atoms with Crippen LogP contribution in [0.2, 0.25) is 0 Å². The molecule has 0 unspecified atom stereocenters. The zero-order valence-corrected chi connectivity index (χ0v) is 13.6. The molecule has 2 aromatic carbocycles. The van der Waals surface area contributed by atoms with Gasteiger partial charge in [-0.2, -0.15) is 0 Å². The van der Waals surface area contributed by atoms with E-state index < -0.39 is 0 Å². The van der Waals surface area contributed by atoms with Crippen molar-refractivity contribution in [2.45, 2.75) is 6.54 Å². The molecule has 0 amide bonds. The maximum absolute atomic E-state index is 13.0. The van der Waals surface area contributed by atoms with Crippen molar-refractivity contribution in [2.75, 3.05) is 20.0 Å². The summed E-state index contributed by atoms with van der Waals surface area (Å²) in [7, 11) is 0. The fourth-order valence-electron chi connectivity index (χ4n) is 2.07. The van der Waals surface area contributed by atoms with Crippen LogP contribution in [0.25, 0.3) is 0 Å². The van der Waals surface area contributed by atoms with Gasteiger partial charge in [0.2, 0.25) is 13.6 Å². The maximum atomic E-state index is 13.0. The second kappa shape index (κ2) is 8.56. The van der Waals surface area contributed by atoms with Crippen LogP contribution in [-0.4, -0.2) is 20.0 Å². The van der Waals surface area contributed by atoms with Crippen molar-refractivity contribution in [3.63, 3.8) is 0 Å². The van der Waals surface area contributed by atoms with Crippen LogP contribution in [-0.2, 0) is 6.54 Å². The van der Waals surface area contributed by atoms with Crippen molar-refractivity contribution in [1.29, 1.82) is 0 Å². The van der Waals surface area contributed by atoms with Crippen LogP contribution in [0.5, 0.6) is 23.0 Å². The minimum absolute atomic E-state index is 0.123. The Morgan fingerprint density at radius 2 is 1.54 bits per heavy atom. The van der Waals surface area contributed by atoms with Crippen LogP contribution in [0.15, 0.2) is 30.3 Å². The molecular formula is C16H16ClF2NO4. The van der Waals surface area contributed by atoms with E-state index in [1.54, 1.807) is 6.07 Å². The van der Waals surface area contributed by atoms with Gasteiger partial charge in [-0.25, -0.2) is 8.78 Å². The van der Waals surface area contributed by atoms with E-state index in [1.165, 1.54) is 30.6 Å². The molecule has 0 aliphatic carbocycles. The third kappa shape index (κ3) is 3.98. The summed E-state index contributed by atoms with van der Waals surface area (Å²) in [6, 6.07) is 7.07. The number of rotatable bonds is 1. The van der Waals surface area contributed by atoms with Crippen LogP contribution in [0, 0.1) is 11.6 Å². The zero-order chi connectivity index (χ0) is 17.5. The molecule has 0 bridgehead atoms. The van der Waals surface area contributed by atoms with E-state index in [-0.39, 0.29) is 31.8 Å². The Balaban J connectivity index is 0.000000160. The van der Waals surface area contributed by atoms with Gasteiger partial charge < -0.3 is 24.7 Å². The van der Waals surface area contributed by atoms with Crippen molar-refractivity contribution < 1.29 is 27.7 Å². The molecule has 0 spiro atoms. The highest BCUT2D eigenvalue weighted by molar-refractivity contribution is 6.15. The highest BCUT2D eigenvalue weighted by Crippen LogP contribution is 2.36. The molecular weight excluding hydrogens is 344 g/mol. The summed E-state index contributed by atoms with van der Waals surface area (Å²) in [5, 5.41) is 0. The van der Waals surface area contributed by atoms with Gasteiger partial charge in [0.1, 0.15) is 11.6 Å². The van der Waals surface area contributed by atoms with Crippen LogP contribution in [0.1, 0.15) is 5.56 Å². The van der Waals surface area contributed by atoms with Crippen molar-refractivity contribution in [2.24, 2.45) is 5.73 Å². The summed E-state index contributed by atoms with van der Waals surface area (Å²) in [6.45, 7) is 0.461. The second-order valence-corrected chi connectivity index (χ2v) is 4.46. The minimum Gasteiger partial charge on any atom is -0.454 e. The standard InChI is InChI=1S/C8H8FNO2.C7H5FO2.CH3Cl/c9-6-1-2-7-8(5(6)3-10)12-4-11-7;8-5-1-2-6-7(3-5)10-4-9-6;1-2/h1-2H,3-4,10H2;1-3H,4H2;1H3. The van der Waals surface area contributed by atoms with Crippen LogP contribution in [0.4, 0.5) is 8.78 Å². The van der Waals surface area contributed by atoms with Gasteiger partial charge in [-0.15, -0.1) is 11.6 Å². The average Bonchev–Trinajstić information content (AvgIpc) is 3.25. The van der Waals surface area contributed by atoms with Gasteiger partial charge in [0, 0.05) is 24.6 Å². The monoisotopic (exact) mass is 359 g/mol. The average molecular weight is 360 g/mol. The number of hydrogen-bond donors (Lipinski definition) is 1. The molecule has 2 aliphatic rings. The van der Waals surface area contributed by atoms with Gasteiger partial charge in [0.05, 0.1) is 0 Å². The number of hydrogen-bond acceptors (Lipinski definition) is 5. The molecule has 2 heterocycles. The summed E-state index contributed by atoms with van der Waals surface area (Å²) < 4.78 is 45.4. The summed E-state index contributed by atoms with van der Waals surface area (Å²) in [4.78, 5) is 0. The predicted molar refractivity (Wildman–Crippen MR) is 84.7 cm³/mol. The molecule has 4 rings (SSSR count). The molecule has 24 heavy (non-hydrogen) atoms. The van der Waals surface area contributed by atoms with Gasteiger partial charge in [-0.05, 0) is 24.3 Å². The Labute approximate surface area is 142 Å². The first-order valence-electron chi connectivity index (χ1n) is 6.89. The summed E-state index contributed by atoms with van der Waals surface area (Å²) in [5.41, 5.74) is 5.73. The largest absolute Gasteiger partial charge is 0.454 e. The summed E-state index contributed by atoms with van der Waals surface area (Å²) >= 11 is 4.64. The number of benzene rings is 2.